The molecule has 0 spiro atoms. The average Bonchev–Trinajstić information content (AvgIpc) is 3.07. The minimum absolute atomic E-state index is 0.177. The lowest BCUT2D eigenvalue weighted by Crippen LogP contribution is -2.29. The Labute approximate surface area is 128 Å². The standard InChI is InChI=1S/C17H16N4O/c22-17(19-11-6-14-4-2-1-3-5-14)21-12-16(20-13-21)15-7-9-18-10-8-15/h1-5,7-10,12-13H,6,11H2,(H,19,22). The maximum atomic E-state index is 12.1. The van der Waals surface area contributed by atoms with Gasteiger partial charge in [-0.2, -0.15) is 0 Å². The monoisotopic (exact) mass is 292 g/mol. The molecule has 3 rings (SSSR count). The number of rotatable bonds is 4. The second-order valence-corrected chi connectivity index (χ2v) is 4.87. The summed E-state index contributed by atoms with van der Waals surface area (Å²) in [5.41, 5.74) is 2.89. The molecule has 5 heteroatoms. The van der Waals surface area contributed by atoms with Gasteiger partial charge in [-0.15, -0.1) is 0 Å². The fourth-order valence-corrected chi connectivity index (χ4v) is 2.16. The van der Waals surface area contributed by atoms with E-state index in [1.54, 1.807) is 18.6 Å². The third-order valence-corrected chi connectivity index (χ3v) is 3.33. The lowest BCUT2D eigenvalue weighted by atomic mass is 10.1. The normalized spacial score (nSPS) is 10.4. The van der Waals surface area contributed by atoms with Crippen LogP contribution in [0.25, 0.3) is 11.3 Å². The number of imidazole rings is 1. The lowest BCUT2D eigenvalue weighted by Gasteiger charge is -2.05. The molecule has 2 heterocycles. The number of amides is 1. The summed E-state index contributed by atoms with van der Waals surface area (Å²) in [6.45, 7) is 0.589. The van der Waals surface area contributed by atoms with Gasteiger partial charge in [0, 0.05) is 30.7 Å². The average molecular weight is 292 g/mol. The minimum atomic E-state index is -0.177. The van der Waals surface area contributed by atoms with Gasteiger partial charge in [-0.25, -0.2) is 9.78 Å². The van der Waals surface area contributed by atoms with Crippen LogP contribution >= 0.6 is 0 Å². The zero-order valence-electron chi connectivity index (χ0n) is 12.0. The summed E-state index contributed by atoms with van der Waals surface area (Å²) in [5.74, 6) is 0. The molecule has 0 saturated heterocycles. The van der Waals surface area contributed by atoms with Gasteiger partial charge in [0.1, 0.15) is 6.33 Å². The zero-order valence-corrected chi connectivity index (χ0v) is 12.0. The molecule has 0 aliphatic carbocycles. The lowest BCUT2D eigenvalue weighted by molar-refractivity contribution is 0.242. The summed E-state index contributed by atoms with van der Waals surface area (Å²) in [6.07, 6.45) is 7.45. The molecule has 3 aromatic rings. The van der Waals surface area contributed by atoms with Crippen molar-refractivity contribution in [3.05, 3.63) is 72.9 Å². The van der Waals surface area contributed by atoms with E-state index in [2.05, 4.69) is 15.3 Å². The maximum Gasteiger partial charge on any atom is 0.326 e. The van der Waals surface area contributed by atoms with E-state index in [4.69, 9.17) is 0 Å². The van der Waals surface area contributed by atoms with Crippen molar-refractivity contribution in [3.63, 3.8) is 0 Å². The highest BCUT2D eigenvalue weighted by atomic mass is 16.2. The van der Waals surface area contributed by atoms with Crippen molar-refractivity contribution < 1.29 is 4.79 Å². The number of nitrogens with one attached hydrogen (secondary N) is 1. The Morgan fingerprint density at radius 3 is 2.64 bits per heavy atom. The molecule has 110 valence electrons. The summed E-state index contributed by atoms with van der Waals surface area (Å²) in [7, 11) is 0. The van der Waals surface area contributed by atoms with Gasteiger partial charge < -0.3 is 5.32 Å². The van der Waals surface area contributed by atoms with Gasteiger partial charge in [-0.3, -0.25) is 9.55 Å². The van der Waals surface area contributed by atoms with Crippen molar-refractivity contribution in [1.29, 1.82) is 0 Å². The number of carbonyl (C=O) groups is 1. The minimum Gasteiger partial charge on any atom is -0.337 e. The van der Waals surface area contributed by atoms with E-state index in [0.29, 0.717) is 6.54 Å². The summed E-state index contributed by atoms with van der Waals surface area (Å²) in [6, 6.07) is 13.6. The molecule has 5 nitrogen and oxygen atoms in total. The van der Waals surface area contributed by atoms with Crippen LogP contribution in [0.1, 0.15) is 5.56 Å². The highest BCUT2D eigenvalue weighted by Crippen LogP contribution is 2.14. The molecule has 2 aromatic heterocycles. The van der Waals surface area contributed by atoms with E-state index >= 15 is 0 Å². The van der Waals surface area contributed by atoms with E-state index in [-0.39, 0.29) is 6.03 Å². The van der Waals surface area contributed by atoms with Crippen LogP contribution in [0.5, 0.6) is 0 Å². The molecular formula is C17H16N4O. The number of hydrogen-bond donors (Lipinski definition) is 1. The topological polar surface area (TPSA) is 59.8 Å². The second-order valence-electron chi connectivity index (χ2n) is 4.87. The van der Waals surface area contributed by atoms with E-state index < -0.39 is 0 Å². The summed E-state index contributed by atoms with van der Waals surface area (Å²) in [5, 5.41) is 2.88. The number of carbonyl (C=O) groups excluding carboxylic acids is 1. The van der Waals surface area contributed by atoms with Gasteiger partial charge in [0.25, 0.3) is 0 Å². The first-order chi connectivity index (χ1) is 10.8. The third-order valence-electron chi connectivity index (χ3n) is 3.33. The van der Waals surface area contributed by atoms with Crippen molar-refractivity contribution in [2.45, 2.75) is 6.42 Å². The molecule has 0 unspecified atom stereocenters. The van der Waals surface area contributed by atoms with Crippen molar-refractivity contribution in [2.24, 2.45) is 0 Å². The molecule has 0 aliphatic rings. The molecule has 0 aliphatic heterocycles. The second kappa shape index (κ2) is 6.67. The van der Waals surface area contributed by atoms with E-state index in [1.165, 1.54) is 16.5 Å². The molecule has 1 amide bonds. The van der Waals surface area contributed by atoms with Crippen LogP contribution in [0.3, 0.4) is 0 Å². The molecule has 0 saturated carbocycles. The van der Waals surface area contributed by atoms with Gasteiger partial charge in [-0.05, 0) is 24.1 Å². The quantitative estimate of drug-likeness (QED) is 0.804. The number of benzene rings is 1. The van der Waals surface area contributed by atoms with Crippen LogP contribution in [0.2, 0.25) is 0 Å². The Bertz CT molecular complexity index is 738. The molecule has 0 bridgehead atoms. The molecule has 0 atom stereocenters. The fraction of sp³-hybridized carbons (Fsp3) is 0.118. The van der Waals surface area contributed by atoms with Crippen molar-refractivity contribution in [2.75, 3.05) is 6.54 Å². The Hall–Kier alpha value is -2.95. The van der Waals surface area contributed by atoms with Crippen LogP contribution in [0.4, 0.5) is 4.79 Å². The first-order valence-corrected chi connectivity index (χ1v) is 7.09. The Morgan fingerprint density at radius 1 is 1.09 bits per heavy atom. The van der Waals surface area contributed by atoms with E-state index in [1.807, 2.05) is 42.5 Å². The number of hydrogen-bond acceptors (Lipinski definition) is 3. The summed E-state index contributed by atoms with van der Waals surface area (Å²) < 4.78 is 1.46. The predicted molar refractivity (Wildman–Crippen MR) is 84.4 cm³/mol. The Morgan fingerprint density at radius 2 is 1.86 bits per heavy atom. The summed E-state index contributed by atoms with van der Waals surface area (Å²) >= 11 is 0. The highest BCUT2D eigenvalue weighted by Gasteiger charge is 2.07. The fourth-order valence-electron chi connectivity index (χ4n) is 2.16. The number of pyridine rings is 1. The Balaban J connectivity index is 1.58. The van der Waals surface area contributed by atoms with Gasteiger partial charge in [-0.1, -0.05) is 30.3 Å². The van der Waals surface area contributed by atoms with Crippen molar-refractivity contribution in [3.8, 4) is 11.3 Å². The van der Waals surface area contributed by atoms with Gasteiger partial charge in [0.15, 0.2) is 0 Å². The molecule has 1 aromatic carbocycles. The third kappa shape index (κ3) is 3.38. The van der Waals surface area contributed by atoms with Crippen LogP contribution in [0, 0.1) is 0 Å². The van der Waals surface area contributed by atoms with E-state index in [9.17, 15) is 4.79 Å². The number of nitrogens with zero attached hydrogens (tertiary/aromatic N) is 3. The molecule has 0 fully saturated rings. The van der Waals surface area contributed by atoms with Crippen LogP contribution in [0.15, 0.2) is 67.4 Å². The first-order valence-electron chi connectivity index (χ1n) is 7.09. The zero-order chi connectivity index (χ0) is 15.2. The molecule has 0 radical (unpaired) electrons. The van der Waals surface area contributed by atoms with Crippen LogP contribution in [-0.2, 0) is 6.42 Å². The molecular weight excluding hydrogens is 276 g/mol. The van der Waals surface area contributed by atoms with E-state index in [0.717, 1.165) is 17.7 Å². The highest BCUT2D eigenvalue weighted by molar-refractivity contribution is 5.77. The van der Waals surface area contributed by atoms with Crippen molar-refractivity contribution >= 4 is 6.03 Å². The largest absolute Gasteiger partial charge is 0.337 e. The predicted octanol–water partition coefficient (Wildman–Crippen LogP) is 2.75. The Kier molecular flexibility index (Phi) is 4.25. The summed E-state index contributed by atoms with van der Waals surface area (Å²) in [4.78, 5) is 20.3. The van der Waals surface area contributed by atoms with Gasteiger partial charge >= 0.3 is 6.03 Å². The smallest absolute Gasteiger partial charge is 0.326 e. The van der Waals surface area contributed by atoms with Gasteiger partial charge in [0.2, 0.25) is 0 Å². The van der Waals surface area contributed by atoms with Gasteiger partial charge in [0.05, 0.1) is 5.69 Å². The first kappa shape index (κ1) is 14.0. The molecule has 22 heavy (non-hydrogen) atoms. The molecule has 1 N–H and O–H groups in total. The van der Waals surface area contributed by atoms with Crippen LogP contribution < -0.4 is 5.32 Å². The SMILES string of the molecule is O=C(NCCc1ccccc1)n1cnc(-c2ccncc2)c1. The maximum absolute atomic E-state index is 12.1. The van der Waals surface area contributed by atoms with Crippen LogP contribution in [-0.4, -0.2) is 27.1 Å². The number of aromatic nitrogens is 3. The van der Waals surface area contributed by atoms with Crippen molar-refractivity contribution in [1.82, 2.24) is 19.9 Å².